The number of oxazole rings is 1. The van der Waals surface area contributed by atoms with E-state index in [4.69, 9.17) is 4.42 Å². The molecule has 128 valence electrons. The van der Waals surface area contributed by atoms with Crippen molar-refractivity contribution in [3.63, 3.8) is 0 Å². The second-order valence-corrected chi connectivity index (χ2v) is 7.06. The Labute approximate surface area is 145 Å². The molecule has 8 heteroatoms. The highest BCUT2D eigenvalue weighted by Gasteiger charge is 2.01. The van der Waals surface area contributed by atoms with Crippen molar-refractivity contribution in [2.45, 2.75) is 0 Å². The lowest BCUT2D eigenvalue weighted by atomic mass is 10.2. The Bertz CT molecular complexity index is 948. The average Bonchev–Trinajstić information content (AvgIpc) is 3.10. The van der Waals surface area contributed by atoms with E-state index >= 15 is 0 Å². The van der Waals surface area contributed by atoms with Gasteiger partial charge in [-0.3, -0.25) is 10.1 Å². The zero-order chi connectivity index (χ0) is 17.7. The lowest BCUT2D eigenvalue weighted by molar-refractivity contribution is 0.572. The fraction of sp³-hybridized carbons (Fsp3) is 0.0588. The molecule has 3 aromatic rings. The van der Waals surface area contributed by atoms with Gasteiger partial charge in [-0.15, -0.1) is 0 Å². The molecular formula is C17H16N4O3S. The summed E-state index contributed by atoms with van der Waals surface area (Å²) in [6.07, 6.45) is 5.81. The summed E-state index contributed by atoms with van der Waals surface area (Å²) in [7, 11) is -3.27. The lowest BCUT2D eigenvalue weighted by Crippen LogP contribution is -2.09. The summed E-state index contributed by atoms with van der Waals surface area (Å²) in [6.45, 7) is 0. The van der Waals surface area contributed by atoms with E-state index in [1.807, 2.05) is 24.3 Å². The van der Waals surface area contributed by atoms with E-state index in [0.29, 0.717) is 11.4 Å². The number of benzene rings is 2. The quantitative estimate of drug-likeness (QED) is 0.522. The molecule has 0 saturated heterocycles. The van der Waals surface area contributed by atoms with Crippen molar-refractivity contribution in [3.05, 3.63) is 66.7 Å². The zero-order valence-electron chi connectivity index (χ0n) is 13.4. The molecule has 0 aliphatic heterocycles. The molecular weight excluding hydrogens is 340 g/mol. The lowest BCUT2D eigenvalue weighted by Gasteiger charge is -2.04. The summed E-state index contributed by atoms with van der Waals surface area (Å²) < 4.78 is 30.0. The van der Waals surface area contributed by atoms with E-state index in [1.165, 1.54) is 6.39 Å². The molecule has 0 aliphatic rings. The van der Waals surface area contributed by atoms with Gasteiger partial charge in [-0.25, -0.2) is 13.4 Å². The molecule has 0 spiro atoms. The summed E-state index contributed by atoms with van der Waals surface area (Å²) in [5.41, 5.74) is 6.04. The van der Waals surface area contributed by atoms with Gasteiger partial charge in [-0.1, -0.05) is 12.1 Å². The maximum absolute atomic E-state index is 11.2. The van der Waals surface area contributed by atoms with Crippen molar-refractivity contribution >= 4 is 27.6 Å². The average molecular weight is 356 g/mol. The molecule has 25 heavy (non-hydrogen) atoms. The topological polar surface area (TPSA) is 96.6 Å². The number of hydrazone groups is 1. The fourth-order valence-electron chi connectivity index (χ4n) is 2.10. The van der Waals surface area contributed by atoms with Gasteiger partial charge in [0, 0.05) is 11.3 Å². The summed E-state index contributed by atoms with van der Waals surface area (Å²) >= 11 is 0. The summed E-state index contributed by atoms with van der Waals surface area (Å²) in [5, 5.41) is 4.16. The van der Waals surface area contributed by atoms with Crippen molar-refractivity contribution in [3.8, 4) is 11.3 Å². The minimum Gasteiger partial charge on any atom is -0.444 e. The normalized spacial score (nSPS) is 11.6. The van der Waals surface area contributed by atoms with Gasteiger partial charge >= 0.3 is 0 Å². The number of aromatic nitrogens is 1. The first-order chi connectivity index (χ1) is 12.0. The van der Waals surface area contributed by atoms with Gasteiger partial charge in [0.05, 0.1) is 24.4 Å². The molecule has 0 unspecified atom stereocenters. The third-order valence-corrected chi connectivity index (χ3v) is 3.83. The largest absolute Gasteiger partial charge is 0.444 e. The molecule has 2 aromatic carbocycles. The van der Waals surface area contributed by atoms with Crippen LogP contribution in [0.4, 0.5) is 11.4 Å². The number of rotatable bonds is 6. The molecule has 1 heterocycles. The fourth-order valence-corrected chi connectivity index (χ4v) is 2.66. The number of sulfonamides is 1. The number of nitrogens with one attached hydrogen (secondary N) is 2. The third kappa shape index (κ3) is 4.92. The Morgan fingerprint density at radius 2 is 1.72 bits per heavy atom. The molecule has 0 radical (unpaired) electrons. The van der Waals surface area contributed by atoms with Gasteiger partial charge in [-0.2, -0.15) is 5.10 Å². The number of hydrogen-bond acceptors (Lipinski definition) is 6. The Morgan fingerprint density at radius 1 is 1.04 bits per heavy atom. The van der Waals surface area contributed by atoms with Crippen molar-refractivity contribution in [1.29, 1.82) is 0 Å². The van der Waals surface area contributed by atoms with E-state index < -0.39 is 10.0 Å². The van der Waals surface area contributed by atoms with E-state index in [2.05, 4.69) is 20.2 Å². The van der Waals surface area contributed by atoms with Crippen molar-refractivity contribution in [2.75, 3.05) is 16.4 Å². The minimum atomic E-state index is -3.27. The van der Waals surface area contributed by atoms with E-state index in [-0.39, 0.29) is 0 Å². The van der Waals surface area contributed by atoms with E-state index in [9.17, 15) is 8.42 Å². The Morgan fingerprint density at radius 3 is 2.32 bits per heavy atom. The number of anilines is 2. The Hall–Kier alpha value is -3.13. The van der Waals surface area contributed by atoms with Gasteiger partial charge in [0.25, 0.3) is 0 Å². The van der Waals surface area contributed by atoms with Crippen LogP contribution in [0.15, 0.2) is 70.6 Å². The first-order valence-electron chi connectivity index (χ1n) is 7.35. The molecule has 1 aromatic heterocycles. The highest BCUT2D eigenvalue weighted by molar-refractivity contribution is 7.92. The van der Waals surface area contributed by atoms with E-state index in [0.717, 1.165) is 23.1 Å². The second kappa shape index (κ2) is 7.18. The standard InChI is InChI=1S/C17H16N4O3S/c1-25(22,23)21-16-6-2-13(3-7-16)10-19-20-15-8-4-14(5-9-15)17-11-18-12-24-17/h2-12,20-21H,1H3. The maximum Gasteiger partial charge on any atom is 0.229 e. The van der Waals surface area contributed by atoms with Crippen LogP contribution in [0.5, 0.6) is 0 Å². The van der Waals surface area contributed by atoms with Gasteiger partial charge in [0.2, 0.25) is 10.0 Å². The maximum atomic E-state index is 11.2. The molecule has 0 bridgehead atoms. The third-order valence-electron chi connectivity index (χ3n) is 3.22. The van der Waals surface area contributed by atoms with Crippen LogP contribution >= 0.6 is 0 Å². The number of hydrogen-bond donors (Lipinski definition) is 2. The predicted molar refractivity (Wildman–Crippen MR) is 98.1 cm³/mol. The summed E-state index contributed by atoms with van der Waals surface area (Å²) in [4.78, 5) is 3.89. The van der Waals surface area contributed by atoms with Crippen LogP contribution in [0.3, 0.4) is 0 Å². The predicted octanol–water partition coefficient (Wildman–Crippen LogP) is 3.16. The Balaban J connectivity index is 1.59. The highest BCUT2D eigenvalue weighted by atomic mass is 32.2. The van der Waals surface area contributed by atoms with Gasteiger partial charge < -0.3 is 4.42 Å². The first kappa shape index (κ1) is 16.7. The molecule has 0 aliphatic carbocycles. The molecule has 2 N–H and O–H groups in total. The molecule has 0 amide bonds. The highest BCUT2D eigenvalue weighted by Crippen LogP contribution is 2.20. The van der Waals surface area contributed by atoms with Crippen LogP contribution in [0, 0.1) is 0 Å². The van der Waals surface area contributed by atoms with Gasteiger partial charge in [0.15, 0.2) is 12.2 Å². The summed E-state index contributed by atoms with van der Waals surface area (Å²) in [5.74, 6) is 0.706. The van der Waals surface area contributed by atoms with Gasteiger partial charge in [0.1, 0.15) is 0 Å². The van der Waals surface area contributed by atoms with Crippen LogP contribution in [0.2, 0.25) is 0 Å². The van der Waals surface area contributed by atoms with Crippen molar-refractivity contribution in [2.24, 2.45) is 5.10 Å². The van der Waals surface area contributed by atoms with Crippen molar-refractivity contribution < 1.29 is 12.8 Å². The monoisotopic (exact) mass is 356 g/mol. The summed E-state index contributed by atoms with van der Waals surface area (Å²) in [6, 6.07) is 14.5. The van der Waals surface area contributed by atoms with Crippen molar-refractivity contribution in [1.82, 2.24) is 4.98 Å². The van der Waals surface area contributed by atoms with Gasteiger partial charge in [-0.05, 0) is 42.0 Å². The molecule has 7 nitrogen and oxygen atoms in total. The van der Waals surface area contributed by atoms with Crippen LogP contribution < -0.4 is 10.1 Å². The zero-order valence-corrected chi connectivity index (χ0v) is 14.2. The van der Waals surface area contributed by atoms with Crippen LogP contribution in [-0.2, 0) is 10.0 Å². The van der Waals surface area contributed by atoms with Crippen LogP contribution in [0.1, 0.15) is 5.56 Å². The van der Waals surface area contributed by atoms with E-state index in [1.54, 1.807) is 36.7 Å². The molecule has 3 rings (SSSR count). The second-order valence-electron chi connectivity index (χ2n) is 5.31. The van der Waals surface area contributed by atoms with Crippen LogP contribution in [-0.4, -0.2) is 25.9 Å². The number of nitrogens with zero attached hydrogens (tertiary/aromatic N) is 2. The molecule has 0 saturated carbocycles. The van der Waals surface area contributed by atoms with Crippen LogP contribution in [0.25, 0.3) is 11.3 Å². The smallest absolute Gasteiger partial charge is 0.229 e. The Kier molecular flexibility index (Phi) is 4.80. The SMILES string of the molecule is CS(=O)(=O)Nc1ccc(C=NNc2ccc(-c3cnco3)cc2)cc1. The molecule has 0 fully saturated rings. The molecule has 0 atom stereocenters. The minimum absolute atomic E-state index is 0.510. The first-order valence-corrected chi connectivity index (χ1v) is 9.25.